The van der Waals surface area contributed by atoms with E-state index >= 15 is 0 Å². The molecule has 0 spiro atoms. The lowest BCUT2D eigenvalue weighted by atomic mass is 9.83. The van der Waals surface area contributed by atoms with Crippen LogP contribution in [0.1, 0.15) is 29.2 Å². The van der Waals surface area contributed by atoms with Crippen molar-refractivity contribution in [2.24, 2.45) is 11.7 Å². The van der Waals surface area contributed by atoms with Gasteiger partial charge in [-0.2, -0.15) is 10.4 Å². The molecule has 1 saturated heterocycles. The number of carbonyl (C=O) groups is 2. The van der Waals surface area contributed by atoms with Crippen molar-refractivity contribution in [3.8, 4) is 6.07 Å². The molecule has 1 aromatic heterocycles. The number of rotatable bonds is 7. The molecule has 13 heteroatoms. The molecule has 2 heterocycles. The number of nitrogens with two attached hydrogens (primary N) is 1. The van der Waals surface area contributed by atoms with Gasteiger partial charge in [0.2, 0.25) is 0 Å². The van der Waals surface area contributed by atoms with E-state index in [-0.39, 0.29) is 24.3 Å². The molecule has 10 nitrogen and oxygen atoms in total. The highest BCUT2D eigenvalue weighted by atomic mass is 19.3. The summed E-state index contributed by atoms with van der Waals surface area (Å²) in [5.74, 6) is -6.29. The SMILES string of the molecule is N#C[C@H]1C(CC(F)(F)CO)N(C(=O)[O-])CC[C@@H]1n1cc(C(N)=O)c(Nc2ccc(F)cc2)n1. The Morgan fingerprint density at radius 1 is 1.36 bits per heavy atom. The van der Waals surface area contributed by atoms with Crippen LogP contribution in [0.5, 0.6) is 0 Å². The summed E-state index contributed by atoms with van der Waals surface area (Å²) in [7, 11) is 0. The van der Waals surface area contributed by atoms with Gasteiger partial charge >= 0.3 is 0 Å². The van der Waals surface area contributed by atoms with Gasteiger partial charge in [0.1, 0.15) is 24.1 Å². The fraction of sp³-hybridized carbons (Fsp3) is 0.400. The number of nitrogens with one attached hydrogen (secondary N) is 1. The van der Waals surface area contributed by atoms with E-state index in [1.807, 2.05) is 6.07 Å². The van der Waals surface area contributed by atoms with Gasteiger partial charge in [-0.25, -0.2) is 13.2 Å². The predicted molar refractivity (Wildman–Crippen MR) is 106 cm³/mol. The number of anilines is 2. The Hall–Kier alpha value is -3.79. The molecule has 3 rings (SSSR count). The molecule has 3 atom stereocenters. The summed E-state index contributed by atoms with van der Waals surface area (Å²) in [6, 6.07) is 4.63. The fourth-order valence-corrected chi connectivity index (χ4v) is 3.87. The molecule has 1 unspecified atom stereocenters. The van der Waals surface area contributed by atoms with E-state index in [0.717, 1.165) is 0 Å². The minimum atomic E-state index is -3.63. The van der Waals surface area contributed by atoms with Crippen molar-refractivity contribution in [2.75, 3.05) is 18.5 Å². The number of amides is 2. The lowest BCUT2D eigenvalue weighted by Crippen LogP contribution is -2.57. The first-order valence-corrected chi connectivity index (χ1v) is 9.83. The molecular formula is C20H20F3N6O4-. The third-order valence-electron chi connectivity index (χ3n) is 5.46. The number of hydrogen-bond donors (Lipinski definition) is 3. The second-order valence-corrected chi connectivity index (χ2v) is 7.62. The Morgan fingerprint density at radius 3 is 2.58 bits per heavy atom. The number of piperidine rings is 1. The molecule has 0 saturated carbocycles. The van der Waals surface area contributed by atoms with E-state index in [9.17, 15) is 33.1 Å². The maximum Gasteiger partial charge on any atom is 0.272 e. The summed E-state index contributed by atoms with van der Waals surface area (Å²) in [5, 5.41) is 37.2. The Bertz CT molecular complexity index is 1070. The molecule has 2 aromatic rings. The summed E-state index contributed by atoms with van der Waals surface area (Å²) in [6.45, 7) is -1.75. The fourth-order valence-electron chi connectivity index (χ4n) is 3.87. The van der Waals surface area contributed by atoms with Gasteiger partial charge in [0.05, 0.1) is 24.1 Å². The topological polar surface area (TPSA) is 160 Å². The molecule has 4 N–H and O–H groups in total. The molecule has 176 valence electrons. The first kappa shape index (κ1) is 23.9. The second-order valence-electron chi connectivity index (χ2n) is 7.62. The number of aliphatic hydroxyl groups is 1. The highest BCUT2D eigenvalue weighted by Crippen LogP contribution is 2.38. The van der Waals surface area contributed by atoms with Crippen LogP contribution in [-0.4, -0.2) is 56.9 Å². The molecule has 2 amide bonds. The predicted octanol–water partition coefficient (Wildman–Crippen LogP) is 0.981. The molecule has 1 fully saturated rings. The third kappa shape index (κ3) is 5.17. The zero-order chi connectivity index (χ0) is 24.3. The number of hydrogen-bond acceptors (Lipinski definition) is 7. The van der Waals surface area contributed by atoms with Crippen LogP contribution in [0, 0.1) is 23.1 Å². The zero-order valence-corrected chi connectivity index (χ0v) is 17.1. The van der Waals surface area contributed by atoms with Crippen LogP contribution in [0.15, 0.2) is 30.5 Å². The summed E-state index contributed by atoms with van der Waals surface area (Å²) in [6.07, 6.45) is -1.57. The Labute approximate surface area is 186 Å². The molecule has 1 aliphatic rings. The molecular weight excluding hydrogens is 445 g/mol. The average molecular weight is 465 g/mol. The summed E-state index contributed by atoms with van der Waals surface area (Å²) >= 11 is 0. The van der Waals surface area contributed by atoms with Crippen LogP contribution in [0.3, 0.4) is 0 Å². The van der Waals surface area contributed by atoms with Crippen molar-refractivity contribution >= 4 is 23.5 Å². The van der Waals surface area contributed by atoms with Crippen molar-refractivity contribution < 1.29 is 33.0 Å². The van der Waals surface area contributed by atoms with Gasteiger partial charge < -0.3 is 31.0 Å². The van der Waals surface area contributed by atoms with Crippen molar-refractivity contribution in [1.82, 2.24) is 14.7 Å². The van der Waals surface area contributed by atoms with Gasteiger partial charge in [0.15, 0.2) is 5.82 Å². The molecule has 1 aliphatic heterocycles. The van der Waals surface area contributed by atoms with E-state index in [1.165, 1.54) is 35.1 Å². The van der Waals surface area contributed by atoms with Gasteiger partial charge in [0.25, 0.3) is 11.8 Å². The van der Waals surface area contributed by atoms with E-state index in [4.69, 9.17) is 10.8 Å². The average Bonchev–Trinajstić information content (AvgIpc) is 3.18. The van der Waals surface area contributed by atoms with Crippen LogP contribution in [0.4, 0.5) is 29.5 Å². The van der Waals surface area contributed by atoms with E-state index in [1.54, 1.807) is 0 Å². The second kappa shape index (κ2) is 9.37. The first-order valence-electron chi connectivity index (χ1n) is 9.83. The van der Waals surface area contributed by atoms with Crippen molar-refractivity contribution in [3.05, 3.63) is 41.8 Å². The van der Waals surface area contributed by atoms with Crippen LogP contribution >= 0.6 is 0 Å². The van der Waals surface area contributed by atoms with E-state index < -0.39 is 54.8 Å². The third-order valence-corrected chi connectivity index (χ3v) is 5.46. The minimum Gasteiger partial charge on any atom is -0.530 e. The van der Waals surface area contributed by atoms with E-state index in [2.05, 4.69) is 10.4 Å². The standard InChI is InChI=1S/C20H21F3N6O4/c21-11-1-3-12(4-2-11)26-18-14(17(25)31)9-29(27-18)15-5-6-28(19(32)33)16(13(15)8-24)7-20(22,23)10-30/h1-4,9,13,15-16,30H,5-7,10H2,(H2,25,31)(H,26,27)(H,32,33)/p-1/t13-,15+,16?/m1/s1. The number of likely N-dealkylation sites (tertiary alicyclic amines) is 1. The number of benzene rings is 1. The maximum absolute atomic E-state index is 13.9. The largest absolute Gasteiger partial charge is 0.530 e. The van der Waals surface area contributed by atoms with Gasteiger partial charge in [-0.05, 0) is 30.7 Å². The highest BCUT2D eigenvalue weighted by molar-refractivity contribution is 5.98. The molecule has 1 aromatic carbocycles. The van der Waals surface area contributed by atoms with Gasteiger partial charge in [0, 0.05) is 24.8 Å². The van der Waals surface area contributed by atoms with Crippen molar-refractivity contribution in [2.45, 2.75) is 30.8 Å². The van der Waals surface area contributed by atoms with Crippen LogP contribution < -0.4 is 16.2 Å². The number of alkyl halides is 2. The number of primary amides is 1. The highest BCUT2D eigenvalue weighted by Gasteiger charge is 2.45. The Kier molecular flexibility index (Phi) is 6.78. The minimum absolute atomic E-state index is 0.00892. The molecule has 0 radical (unpaired) electrons. The number of carbonyl (C=O) groups excluding carboxylic acids is 2. The summed E-state index contributed by atoms with van der Waals surface area (Å²) in [5.41, 5.74) is 5.72. The van der Waals surface area contributed by atoms with Crippen LogP contribution in [0.2, 0.25) is 0 Å². The number of halogens is 3. The van der Waals surface area contributed by atoms with Crippen LogP contribution in [-0.2, 0) is 0 Å². The Morgan fingerprint density at radius 2 is 2.03 bits per heavy atom. The van der Waals surface area contributed by atoms with Gasteiger partial charge in [-0.3, -0.25) is 9.48 Å². The lowest BCUT2D eigenvalue weighted by Gasteiger charge is -2.45. The normalized spacial score (nSPS) is 20.8. The molecule has 0 bridgehead atoms. The molecule has 33 heavy (non-hydrogen) atoms. The summed E-state index contributed by atoms with van der Waals surface area (Å²) < 4.78 is 42.2. The number of nitrogens with zero attached hydrogens (tertiary/aromatic N) is 4. The van der Waals surface area contributed by atoms with E-state index in [0.29, 0.717) is 10.6 Å². The van der Waals surface area contributed by atoms with Gasteiger partial charge in [-0.15, -0.1) is 0 Å². The molecule has 0 aliphatic carbocycles. The van der Waals surface area contributed by atoms with Crippen molar-refractivity contribution in [1.29, 1.82) is 5.26 Å². The van der Waals surface area contributed by atoms with Gasteiger partial charge in [-0.1, -0.05) is 0 Å². The number of nitriles is 1. The first-order chi connectivity index (χ1) is 15.6. The van der Waals surface area contributed by atoms with Crippen LogP contribution in [0.25, 0.3) is 0 Å². The lowest BCUT2D eigenvalue weighted by molar-refractivity contribution is -0.271. The quantitative estimate of drug-likeness (QED) is 0.549. The zero-order valence-electron chi connectivity index (χ0n) is 17.1. The number of aliphatic hydroxyl groups excluding tert-OH is 1. The smallest absolute Gasteiger partial charge is 0.272 e. The number of aromatic nitrogens is 2. The van der Waals surface area contributed by atoms with Crippen molar-refractivity contribution in [3.63, 3.8) is 0 Å². The maximum atomic E-state index is 13.9. The number of carboxylic acid groups (broad SMARTS) is 1. The Balaban J connectivity index is 1.97. The summed E-state index contributed by atoms with van der Waals surface area (Å²) in [4.78, 5) is 24.1. The monoisotopic (exact) mass is 465 g/mol.